The van der Waals surface area contributed by atoms with Gasteiger partial charge in [0, 0.05) is 35.5 Å². The molecule has 0 radical (unpaired) electrons. The van der Waals surface area contributed by atoms with Gasteiger partial charge in [-0.1, -0.05) is 72.8 Å². The number of hydrogen-bond donors (Lipinski definition) is 2. The second kappa shape index (κ2) is 13.1. The molecule has 4 aromatic rings. The van der Waals surface area contributed by atoms with E-state index < -0.39 is 12.0 Å². The van der Waals surface area contributed by atoms with Crippen LogP contribution in [0, 0.1) is 0 Å². The summed E-state index contributed by atoms with van der Waals surface area (Å²) in [4.78, 5) is 41.8. The Hall–Kier alpha value is -4.56. The van der Waals surface area contributed by atoms with Gasteiger partial charge in [0.1, 0.15) is 11.0 Å². The molecule has 192 valence electrons. The van der Waals surface area contributed by atoms with Crippen LogP contribution in [-0.2, 0) is 27.3 Å². The average molecular weight is 526 g/mol. The van der Waals surface area contributed by atoms with Crippen molar-refractivity contribution in [2.45, 2.75) is 19.0 Å². The maximum absolute atomic E-state index is 12.8. The molecule has 0 aliphatic carbocycles. The highest BCUT2D eigenvalue weighted by Crippen LogP contribution is 2.23. The summed E-state index contributed by atoms with van der Waals surface area (Å²) >= 11 is 1.52. The van der Waals surface area contributed by atoms with E-state index in [2.05, 4.69) is 15.6 Å². The van der Waals surface area contributed by atoms with Crippen LogP contribution >= 0.6 is 11.3 Å². The first-order valence-electron chi connectivity index (χ1n) is 12.0. The van der Waals surface area contributed by atoms with E-state index in [-0.39, 0.29) is 11.8 Å². The number of amides is 2. The highest BCUT2D eigenvalue weighted by Gasteiger charge is 2.22. The average Bonchev–Trinajstić information content (AvgIpc) is 3.44. The fourth-order valence-electron chi connectivity index (χ4n) is 3.69. The molecular formula is C30H27N3O4S. The first kappa shape index (κ1) is 26.5. The summed E-state index contributed by atoms with van der Waals surface area (Å²) in [5.74, 6) is -1.14. The number of benzene rings is 3. The van der Waals surface area contributed by atoms with Crippen LogP contribution in [0.25, 0.3) is 16.6 Å². The molecule has 1 atom stereocenters. The Bertz CT molecular complexity index is 1400. The first-order chi connectivity index (χ1) is 18.5. The number of nitrogens with zero attached hydrogens (tertiary/aromatic N) is 1. The van der Waals surface area contributed by atoms with Gasteiger partial charge in [-0.15, -0.1) is 11.3 Å². The predicted molar refractivity (Wildman–Crippen MR) is 148 cm³/mol. The van der Waals surface area contributed by atoms with Crippen molar-refractivity contribution in [3.05, 3.63) is 119 Å². The van der Waals surface area contributed by atoms with Crippen LogP contribution in [0.3, 0.4) is 0 Å². The molecule has 2 N–H and O–H groups in total. The zero-order valence-electron chi connectivity index (χ0n) is 20.8. The van der Waals surface area contributed by atoms with Gasteiger partial charge < -0.3 is 15.4 Å². The van der Waals surface area contributed by atoms with Crippen LogP contribution in [0.15, 0.2) is 96.4 Å². The lowest BCUT2D eigenvalue weighted by Gasteiger charge is -2.17. The van der Waals surface area contributed by atoms with Crippen LogP contribution in [0.2, 0.25) is 0 Å². The molecule has 0 saturated heterocycles. The van der Waals surface area contributed by atoms with Crippen molar-refractivity contribution in [2.24, 2.45) is 0 Å². The van der Waals surface area contributed by atoms with Gasteiger partial charge in [-0.2, -0.15) is 0 Å². The fourth-order valence-corrected chi connectivity index (χ4v) is 4.48. The minimum Gasteiger partial charge on any atom is -0.467 e. The predicted octanol–water partition coefficient (Wildman–Crippen LogP) is 4.65. The van der Waals surface area contributed by atoms with Gasteiger partial charge in [0.25, 0.3) is 5.91 Å². The number of carbonyl (C=O) groups excluding carboxylic acids is 3. The van der Waals surface area contributed by atoms with Crippen molar-refractivity contribution in [2.75, 3.05) is 7.11 Å². The largest absolute Gasteiger partial charge is 0.467 e. The summed E-state index contributed by atoms with van der Waals surface area (Å²) in [6, 6.07) is 25.3. The third kappa shape index (κ3) is 7.47. The topological polar surface area (TPSA) is 97.4 Å². The minimum atomic E-state index is -0.804. The molecule has 4 rings (SSSR count). The van der Waals surface area contributed by atoms with E-state index in [1.165, 1.54) is 24.5 Å². The maximum atomic E-state index is 12.8. The van der Waals surface area contributed by atoms with E-state index in [9.17, 15) is 14.4 Å². The number of hydrogen-bond acceptors (Lipinski definition) is 6. The van der Waals surface area contributed by atoms with Crippen LogP contribution < -0.4 is 10.6 Å². The molecule has 8 heteroatoms. The lowest BCUT2D eigenvalue weighted by atomic mass is 10.0. The number of thiazole rings is 1. The molecule has 0 aliphatic heterocycles. The van der Waals surface area contributed by atoms with Crippen molar-refractivity contribution in [3.63, 3.8) is 0 Å². The molecule has 1 aromatic heterocycles. The summed E-state index contributed by atoms with van der Waals surface area (Å²) in [7, 11) is 1.30. The number of rotatable bonds is 10. The second-order valence-electron chi connectivity index (χ2n) is 8.43. The van der Waals surface area contributed by atoms with Crippen molar-refractivity contribution in [1.29, 1.82) is 0 Å². The van der Waals surface area contributed by atoms with E-state index in [0.29, 0.717) is 18.5 Å². The zero-order chi connectivity index (χ0) is 26.7. The normalized spacial score (nSPS) is 11.6. The van der Waals surface area contributed by atoms with E-state index in [4.69, 9.17) is 4.74 Å². The van der Waals surface area contributed by atoms with Gasteiger partial charge in [0.2, 0.25) is 5.91 Å². The Morgan fingerprint density at radius 3 is 2.29 bits per heavy atom. The Kier molecular flexibility index (Phi) is 9.15. The van der Waals surface area contributed by atoms with Gasteiger partial charge in [0.05, 0.1) is 12.8 Å². The summed E-state index contributed by atoms with van der Waals surface area (Å²) in [6.07, 6.45) is 3.45. The molecule has 7 nitrogen and oxygen atoms in total. The minimum absolute atomic E-state index is 0.247. The summed E-state index contributed by atoms with van der Waals surface area (Å²) in [5.41, 5.74) is 3.90. The van der Waals surface area contributed by atoms with Crippen molar-refractivity contribution in [3.8, 4) is 10.6 Å². The summed E-state index contributed by atoms with van der Waals surface area (Å²) < 4.78 is 4.86. The monoisotopic (exact) mass is 525 g/mol. The molecule has 3 aromatic carbocycles. The van der Waals surface area contributed by atoms with Gasteiger partial charge in [-0.3, -0.25) is 9.59 Å². The molecule has 1 heterocycles. The smallest absolute Gasteiger partial charge is 0.328 e. The van der Waals surface area contributed by atoms with Gasteiger partial charge in [-0.25, -0.2) is 9.78 Å². The Balaban J connectivity index is 1.28. The van der Waals surface area contributed by atoms with E-state index in [1.54, 1.807) is 30.3 Å². The SMILES string of the molecule is COC(=O)[C@H](Cc1ccccc1)NC(=O)c1ccc(CNC(=O)/C=C/c2csc(-c3ccccc3)n2)cc1. The highest BCUT2D eigenvalue weighted by atomic mass is 32.1. The quantitative estimate of drug-likeness (QED) is 0.232. The number of esters is 1. The number of methoxy groups -OCH3 is 1. The standard InChI is InChI=1S/C30H27N3O4S/c1-37-30(36)26(18-21-8-4-2-5-9-21)33-28(35)23-14-12-22(13-15-23)19-31-27(34)17-16-25-20-38-29(32-25)24-10-6-3-7-11-24/h2-17,20,26H,18-19H2,1H3,(H,31,34)(H,33,35)/b17-16+/t26-/m0/s1. The molecule has 38 heavy (non-hydrogen) atoms. The van der Waals surface area contributed by atoms with Crippen LogP contribution in [0.5, 0.6) is 0 Å². The number of carbonyl (C=O) groups is 3. The molecule has 0 bridgehead atoms. The summed E-state index contributed by atoms with van der Waals surface area (Å²) in [6.45, 7) is 0.302. The van der Waals surface area contributed by atoms with E-state index in [0.717, 1.165) is 27.4 Å². The first-order valence-corrected chi connectivity index (χ1v) is 12.9. The molecule has 0 fully saturated rings. The molecule has 0 saturated carbocycles. The van der Waals surface area contributed by atoms with Crippen LogP contribution in [0.4, 0.5) is 0 Å². The Morgan fingerprint density at radius 2 is 1.61 bits per heavy atom. The molecule has 0 unspecified atom stereocenters. The number of aromatic nitrogens is 1. The Morgan fingerprint density at radius 1 is 0.921 bits per heavy atom. The van der Waals surface area contributed by atoms with Gasteiger partial charge in [-0.05, 0) is 29.3 Å². The Labute approximate surface area is 225 Å². The zero-order valence-corrected chi connectivity index (χ0v) is 21.6. The highest BCUT2D eigenvalue weighted by molar-refractivity contribution is 7.13. The molecule has 0 aliphatic rings. The van der Waals surface area contributed by atoms with Crippen LogP contribution in [-0.4, -0.2) is 35.9 Å². The van der Waals surface area contributed by atoms with Crippen LogP contribution in [0.1, 0.15) is 27.2 Å². The lowest BCUT2D eigenvalue weighted by molar-refractivity contribution is -0.142. The molecule has 0 spiro atoms. The van der Waals surface area contributed by atoms with Crippen molar-refractivity contribution >= 4 is 35.2 Å². The lowest BCUT2D eigenvalue weighted by Crippen LogP contribution is -2.43. The van der Waals surface area contributed by atoms with Gasteiger partial charge >= 0.3 is 5.97 Å². The maximum Gasteiger partial charge on any atom is 0.328 e. The number of ether oxygens (including phenoxy) is 1. The third-order valence-corrected chi connectivity index (χ3v) is 6.61. The van der Waals surface area contributed by atoms with E-state index in [1.807, 2.05) is 66.0 Å². The van der Waals surface area contributed by atoms with Crippen molar-refractivity contribution in [1.82, 2.24) is 15.6 Å². The van der Waals surface area contributed by atoms with E-state index >= 15 is 0 Å². The fraction of sp³-hybridized carbons (Fsp3) is 0.133. The molecular weight excluding hydrogens is 498 g/mol. The third-order valence-electron chi connectivity index (χ3n) is 5.70. The molecule has 2 amide bonds. The summed E-state index contributed by atoms with van der Waals surface area (Å²) in [5, 5.41) is 8.38. The second-order valence-corrected chi connectivity index (χ2v) is 9.29. The number of nitrogens with one attached hydrogen (secondary N) is 2. The van der Waals surface area contributed by atoms with Crippen molar-refractivity contribution < 1.29 is 19.1 Å². The van der Waals surface area contributed by atoms with Gasteiger partial charge in [0.15, 0.2) is 0 Å².